The van der Waals surface area contributed by atoms with Crippen LogP contribution in [0.4, 0.5) is 5.69 Å². The zero-order valence-corrected chi connectivity index (χ0v) is 11.0. The molecular formula is C16H13N3O. The first-order valence-corrected chi connectivity index (χ1v) is 6.32. The zero-order valence-electron chi connectivity index (χ0n) is 11.0. The van der Waals surface area contributed by atoms with Crippen LogP contribution in [0.1, 0.15) is 16.1 Å². The lowest BCUT2D eigenvalue weighted by molar-refractivity contribution is 0.102. The molecule has 2 heterocycles. The highest BCUT2D eigenvalue weighted by Gasteiger charge is 2.08. The molecule has 20 heavy (non-hydrogen) atoms. The van der Waals surface area contributed by atoms with Crippen molar-refractivity contribution in [1.82, 2.24) is 9.97 Å². The van der Waals surface area contributed by atoms with Crippen LogP contribution in [0.15, 0.2) is 54.9 Å². The molecule has 0 atom stereocenters. The van der Waals surface area contributed by atoms with Crippen molar-refractivity contribution in [3.8, 4) is 0 Å². The van der Waals surface area contributed by atoms with Gasteiger partial charge in [-0.25, -0.2) is 0 Å². The number of carbonyl (C=O) groups is 1. The van der Waals surface area contributed by atoms with Gasteiger partial charge in [0.15, 0.2) is 0 Å². The van der Waals surface area contributed by atoms with Gasteiger partial charge < -0.3 is 5.32 Å². The van der Waals surface area contributed by atoms with Gasteiger partial charge >= 0.3 is 0 Å². The lowest BCUT2D eigenvalue weighted by atomic mass is 10.1. The zero-order chi connectivity index (χ0) is 13.9. The van der Waals surface area contributed by atoms with Crippen LogP contribution in [0.25, 0.3) is 10.9 Å². The number of amides is 1. The van der Waals surface area contributed by atoms with E-state index in [-0.39, 0.29) is 5.91 Å². The second-order valence-corrected chi connectivity index (χ2v) is 4.52. The fraction of sp³-hybridized carbons (Fsp3) is 0.0625. The molecule has 0 aliphatic rings. The van der Waals surface area contributed by atoms with Crippen molar-refractivity contribution < 1.29 is 4.79 Å². The predicted octanol–water partition coefficient (Wildman–Crippen LogP) is 3.19. The molecule has 0 aliphatic carbocycles. The van der Waals surface area contributed by atoms with Crippen molar-refractivity contribution in [2.45, 2.75) is 6.92 Å². The summed E-state index contributed by atoms with van der Waals surface area (Å²) < 4.78 is 0. The number of pyridine rings is 2. The quantitative estimate of drug-likeness (QED) is 0.772. The van der Waals surface area contributed by atoms with Crippen molar-refractivity contribution in [2.75, 3.05) is 5.32 Å². The molecule has 0 fully saturated rings. The average Bonchev–Trinajstić information content (AvgIpc) is 2.49. The fourth-order valence-electron chi connectivity index (χ4n) is 2.04. The Morgan fingerprint density at radius 2 is 1.85 bits per heavy atom. The molecule has 2 aromatic heterocycles. The van der Waals surface area contributed by atoms with E-state index in [2.05, 4.69) is 15.3 Å². The molecule has 98 valence electrons. The Morgan fingerprint density at radius 1 is 1.05 bits per heavy atom. The Balaban J connectivity index is 1.99. The summed E-state index contributed by atoms with van der Waals surface area (Å²) in [5.41, 5.74) is 3.01. The molecule has 1 amide bonds. The Labute approximate surface area is 116 Å². The van der Waals surface area contributed by atoms with Gasteiger partial charge in [-0.2, -0.15) is 0 Å². The van der Waals surface area contributed by atoms with Gasteiger partial charge in [0, 0.05) is 29.0 Å². The minimum Gasteiger partial charge on any atom is -0.320 e. The van der Waals surface area contributed by atoms with E-state index in [0.29, 0.717) is 11.3 Å². The normalized spacial score (nSPS) is 10.4. The maximum atomic E-state index is 12.2. The minimum atomic E-state index is -0.164. The van der Waals surface area contributed by atoms with E-state index in [4.69, 9.17) is 0 Å². The van der Waals surface area contributed by atoms with E-state index in [1.807, 2.05) is 37.3 Å². The number of hydrogen-bond acceptors (Lipinski definition) is 3. The third-order valence-electron chi connectivity index (χ3n) is 3.05. The van der Waals surface area contributed by atoms with E-state index < -0.39 is 0 Å². The van der Waals surface area contributed by atoms with E-state index in [9.17, 15) is 4.79 Å². The van der Waals surface area contributed by atoms with Crippen LogP contribution < -0.4 is 5.32 Å². The minimum absolute atomic E-state index is 0.164. The topological polar surface area (TPSA) is 54.9 Å². The molecule has 0 bridgehead atoms. The SMILES string of the molecule is Cc1ccc2cccc(NC(=O)c3ccncc3)c2n1. The number of benzene rings is 1. The molecule has 0 spiro atoms. The number of fused-ring (bicyclic) bond motifs is 1. The lowest BCUT2D eigenvalue weighted by Crippen LogP contribution is -2.12. The third-order valence-corrected chi connectivity index (χ3v) is 3.05. The number of rotatable bonds is 2. The van der Waals surface area contributed by atoms with E-state index in [1.165, 1.54) is 0 Å². The van der Waals surface area contributed by atoms with Crippen molar-refractivity contribution in [1.29, 1.82) is 0 Å². The summed E-state index contributed by atoms with van der Waals surface area (Å²) in [6.45, 7) is 1.93. The Kier molecular flexibility index (Phi) is 3.13. The van der Waals surface area contributed by atoms with Gasteiger partial charge in [0.05, 0.1) is 11.2 Å². The van der Waals surface area contributed by atoms with Gasteiger partial charge in [0.25, 0.3) is 5.91 Å². The van der Waals surface area contributed by atoms with Gasteiger partial charge in [0.1, 0.15) is 0 Å². The van der Waals surface area contributed by atoms with Crippen LogP contribution in [-0.2, 0) is 0 Å². The van der Waals surface area contributed by atoms with Gasteiger partial charge in [0.2, 0.25) is 0 Å². The molecule has 1 N–H and O–H groups in total. The third kappa shape index (κ3) is 2.36. The van der Waals surface area contributed by atoms with Gasteiger partial charge in [-0.1, -0.05) is 18.2 Å². The summed E-state index contributed by atoms with van der Waals surface area (Å²) in [6, 6.07) is 13.0. The second kappa shape index (κ2) is 5.09. The molecule has 0 saturated carbocycles. The summed E-state index contributed by atoms with van der Waals surface area (Å²) in [5, 5.41) is 3.90. The summed E-state index contributed by atoms with van der Waals surface area (Å²) in [6.07, 6.45) is 3.20. The highest BCUT2D eigenvalue weighted by atomic mass is 16.1. The average molecular weight is 263 g/mol. The first-order valence-electron chi connectivity index (χ1n) is 6.32. The van der Waals surface area contributed by atoms with Crippen LogP contribution >= 0.6 is 0 Å². The number of nitrogens with one attached hydrogen (secondary N) is 1. The Hall–Kier alpha value is -2.75. The number of nitrogens with zero attached hydrogens (tertiary/aromatic N) is 2. The summed E-state index contributed by atoms with van der Waals surface area (Å²) in [7, 11) is 0. The molecule has 4 heteroatoms. The molecule has 3 aromatic rings. The summed E-state index contributed by atoms with van der Waals surface area (Å²) >= 11 is 0. The predicted molar refractivity (Wildman–Crippen MR) is 78.7 cm³/mol. The van der Waals surface area contributed by atoms with Gasteiger partial charge in [-0.3, -0.25) is 14.8 Å². The molecule has 0 saturated heterocycles. The standard InChI is InChI=1S/C16H13N3O/c1-11-5-6-12-3-2-4-14(15(12)18-11)19-16(20)13-7-9-17-10-8-13/h2-10H,1H3,(H,19,20). The maximum Gasteiger partial charge on any atom is 0.255 e. The second-order valence-electron chi connectivity index (χ2n) is 4.52. The van der Waals surface area contributed by atoms with Crippen LogP contribution in [0.5, 0.6) is 0 Å². The molecule has 0 radical (unpaired) electrons. The van der Waals surface area contributed by atoms with Gasteiger partial charge in [-0.05, 0) is 31.2 Å². The number of aryl methyl sites for hydroxylation is 1. The van der Waals surface area contributed by atoms with E-state index >= 15 is 0 Å². The van der Waals surface area contributed by atoms with Crippen molar-refractivity contribution in [3.05, 3.63) is 66.1 Å². The molecule has 1 aromatic carbocycles. The fourth-order valence-corrected chi connectivity index (χ4v) is 2.04. The first-order chi connectivity index (χ1) is 9.74. The van der Waals surface area contributed by atoms with Crippen molar-refractivity contribution in [2.24, 2.45) is 0 Å². The van der Waals surface area contributed by atoms with Crippen LogP contribution in [0.3, 0.4) is 0 Å². The van der Waals surface area contributed by atoms with Crippen LogP contribution in [0.2, 0.25) is 0 Å². The first kappa shape index (κ1) is 12.3. The van der Waals surface area contributed by atoms with E-state index in [0.717, 1.165) is 16.6 Å². The van der Waals surface area contributed by atoms with Crippen LogP contribution in [-0.4, -0.2) is 15.9 Å². The number of hydrogen-bond donors (Lipinski definition) is 1. The molecule has 0 aliphatic heterocycles. The largest absolute Gasteiger partial charge is 0.320 e. The molecule has 3 rings (SSSR count). The lowest BCUT2D eigenvalue weighted by Gasteiger charge is -2.08. The van der Waals surface area contributed by atoms with Crippen molar-refractivity contribution in [3.63, 3.8) is 0 Å². The maximum absolute atomic E-state index is 12.2. The highest BCUT2D eigenvalue weighted by Crippen LogP contribution is 2.22. The molecular weight excluding hydrogens is 250 g/mol. The monoisotopic (exact) mass is 263 g/mol. The molecule has 4 nitrogen and oxygen atoms in total. The van der Waals surface area contributed by atoms with Crippen molar-refractivity contribution >= 4 is 22.5 Å². The number of anilines is 1. The summed E-state index contributed by atoms with van der Waals surface area (Å²) in [5.74, 6) is -0.164. The highest BCUT2D eigenvalue weighted by molar-refractivity contribution is 6.08. The Morgan fingerprint density at radius 3 is 2.65 bits per heavy atom. The number of para-hydroxylation sites is 1. The van der Waals surface area contributed by atoms with Crippen LogP contribution in [0, 0.1) is 6.92 Å². The molecule has 0 unspecified atom stereocenters. The van der Waals surface area contributed by atoms with Gasteiger partial charge in [-0.15, -0.1) is 0 Å². The number of carbonyl (C=O) groups excluding carboxylic acids is 1. The number of aromatic nitrogens is 2. The smallest absolute Gasteiger partial charge is 0.255 e. The van der Waals surface area contributed by atoms with E-state index in [1.54, 1.807) is 24.5 Å². The summed E-state index contributed by atoms with van der Waals surface area (Å²) in [4.78, 5) is 20.6. The Bertz CT molecular complexity index is 769.